The molecule has 0 spiro atoms. The second-order valence-corrected chi connectivity index (χ2v) is 10.9. The summed E-state index contributed by atoms with van der Waals surface area (Å²) in [6.07, 6.45) is 8.92. The van der Waals surface area contributed by atoms with E-state index in [0.29, 0.717) is 58.8 Å². The first kappa shape index (κ1) is 26.3. The summed E-state index contributed by atoms with van der Waals surface area (Å²) in [4.78, 5) is 58.0. The molecule has 3 heterocycles. The van der Waals surface area contributed by atoms with E-state index in [0.717, 1.165) is 43.4 Å². The van der Waals surface area contributed by atoms with Crippen LogP contribution in [0.5, 0.6) is 5.75 Å². The van der Waals surface area contributed by atoms with Crippen LogP contribution in [0.4, 0.5) is 0 Å². The lowest BCUT2D eigenvalue weighted by Gasteiger charge is -2.40. The summed E-state index contributed by atoms with van der Waals surface area (Å²) in [5.74, 6) is 1.01. The number of ether oxygens (including phenoxy) is 1. The molecule has 3 aliphatic heterocycles. The van der Waals surface area contributed by atoms with Gasteiger partial charge in [-0.3, -0.25) is 19.2 Å². The number of carbonyl (C=O) groups is 4. The zero-order chi connectivity index (χ0) is 26.5. The Kier molecular flexibility index (Phi) is 8.29. The largest absolute Gasteiger partial charge is 0.489 e. The number of carbonyl (C=O) groups excluding carboxylic acids is 4. The Labute approximate surface area is 224 Å². The van der Waals surface area contributed by atoms with Crippen LogP contribution in [0.15, 0.2) is 36.4 Å². The molecular formula is C29H38N4O5. The maximum atomic E-state index is 13.5. The molecular weight excluding hydrogens is 484 g/mol. The first-order valence-corrected chi connectivity index (χ1v) is 13.9. The Bertz CT molecular complexity index is 1060. The standard InChI is InChI=1S/C29H38N4O5/c34-21-30-12-14-31(15-13-30)27(35)17-23-10-11-32-18-24(23)8-4-16-38-26-9-2-1-5-25(26)19-33(20-28(32)36)29(37)22-6-3-7-22/h1-2,4-5,8-9,21-24H,3,6-7,10-20H2/b8-4+/t23-,24-/m0/s1. The zero-order valence-electron chi connectivity index (χ0n) is 22.0. The predicted molar refractivity (Wildman–Crippen MR) is 141 cm³/mol. The van der Waals surface area contributed by atoms with Crippen molar-refractivity contribution in [3.05, 3.63) is 42.0 Å². The molecule has 0 unspecified atom stereocenters. The van der Waals surface area contributed by atoms with Crippen LogP contribution in [0.2, 0.25) is 0 Å². The van der Waals surface area contributed by atoms with Gasteiger partial charge in [-0.1, -0.05) is 36.8 Å². The topological polar surface area (TPSA) is 90.5 Å². The molecule has 4 amide bonds. The average molecular weight is 523 g/mol. The van der Waals surface area contributed by atoms with Crippen molar-refractivity contribution in [1.82, 2.24) is 19.6 Å². The number of hydrogen-bond acceptors (Lipinski definition) is 5. The number of rotatable bonds is 4. The van der Waals surface area contributed by atoms with Crippen LogP contribution in [0.1, 0.15) is 37.7 Å². The molecule has 0 N–H and O–H groups in total. The van der Waals surface area contributed by atoms with Crippen molar-refractivity contribution in [3.8, 4) is 5.75 Å². The maximum absolute atomic E-state index is 13.5. The van der Waals surface area contributed by atoms with Crippen molar-refractivity contribution in [3.63, 3.8) is 0 Å². The lowest BCUT2D eigenvalue weighted by molar-refractivity contribution is -0.146. The van der Waals surface area contributed by atoms with Crippen molar-refractivity contribution in [2.45, 2.75) is 38.6 Å². The van der Waals surface area contributed by atoms with Crippen LogP contribution in [0, 0.1) is 17.8 Å². The van der Waals surface area contributed by atoms with Gasteiger partial charge in [0.2, 0.25) is 24.1 Å². The monoisotopic (exact) mass is 522 g/mol. The summed E-state index contributed by atoms with van der Waals surface area (Å²) < 4.78 is 6.10. The summed E-state index contributed by atoms with van der Waals surface area (Å²) >= 11 is 0. The van der Waals surface area contributed by atoms with Crippen molar-refractivity contribution in [2.24, 2.45) is 17.8 Å². The van der Waals surface area contributed by atoms with Gasteiger partial charge in [0.15, 0.2) is 0 Å². The number of piperazine rings is 1. The Morgan fingerprint density at radius 2 is 1.76 bits per heavy atom. The van der Waals surface area contributed by atoms with Gasteiger partial charge in [-0.05, 0) is 37.2 Å². The van der Waals surface area contributed by atoms with E-state index in [1.807, 2.05) is 40.1 Å². The summed E-state index contributed by atoms with van der Waals surface area (Å²) in [6, 6.07) is 7.71. The fourth-order valence-corrected chi connectivity index (χ4v) is 5.90. The van der Waals surface area contributed by atoms with Crippen LogP contribution in [-0.2, 0) is 25.7 Å². The smallest absolute Gasteiger partial charge is 0.242 e. The number of para-hydroxylation sites is 1. The van der Waals surface area contributed by atoms with Gasteiger partial charge in [0.1, 0.15) is 18.9 Å². The molecule has 2 atom stereocenters. The minimum Gasteiger partial charge on any atom is -0.489 e. The normalized spacial score (nSPS) is 25.6. The first-order chi connectivity index (χ1) is 18.5. The highest BCUT2D eigenvalue weighted by Crippen LogP contribution is 2.32. The zero-order valence-corrected chi connectivity index (χ0v) is 22.0. The van der Waals surface area contributed by atoms with Crippen LogP contribution >= 0.6 is 0 Å². The number of fused-ring (bicyclic) bond motifs is 3. The molecule has 1 aromatic carbocycles. The van der Waals surface area contributed by atoms with E-state index >= 15 is 0 Å². The predicted octanol–water partition coefficient (Wildman–Crippen LogP) is 1.92. The molecule has 0 radical (unpaired) electrons. The van der Waals surface area contributed by atoms with E-state index in [9.17, 15) is 19.2 Å². The first-order valence-electron chi connectivity index (χ1n) is 13.9. The lowest BCUT2D eigenvalue weighted by atomic mass is 9.82. The molecule has 5 rings (SSSR count). The van der Waals surface area contributed by atoms with Crippen LogP contribution in [-0.4, -0.2) is 96.2 Å². The highest BCUT2D eigenvalue weighted by molar-refractivity contribution is 5.86. The van der Waals surface area contributed by atoms with E-state index in [1.54, 1.807) is 9.80 Å². The van der Waals surface area contributed by atoms with Gasteiger partial charge in [-0.2, -0.15) is 0 Å². The highest BCUT2D eigenvalue weighted by Gasteiger charge is 2.36. The van der Waals surface area contributed by atoms with Gasteiger partial charge in [-0.15, -0.1) is 0 Å². The van der Waals surface area contributed by atoms with E-state index < -0.39 is 0 Å². The number of nitrogens with zero attached hydrogens (tertiary/aromatic N) is 4. The third kappa shape index (κ3) is 6.03. The minimum absolute atomic E-state index is 0.00567. The molecule has 1 aromatic rings. The van der Waals surface area contributed by atoms with E-state index in [4.69, 9.17) is 4.74 Å². The molecule has 0 aromatic heterocycles. The van der Waals surface area contributed by atoms with Crippen molar-refractivity contribution in [2.75, 3.05) is 52.4 Å². The molecule has 3 fully saturated rings. The van der Waals surface area contributed by atoms with Crippen LogP contribution in [0.3, 0.4) is 0 Å². The Morgan fingerprint density at radius 1 is 0.974 bits per heavy atom. The number of piperidine rings is 1. The Hall–Kier alpha value is -3.36. The third-order valence-electron chi connectivity index (χ3n) is 8.56. The van der Waals surface area contributed by atoms with Gasteiger partial charge in [-0.25, -0.2) is 0 Å². The van der Waals surface area contributed by atoms with Crippen molar-refractivity contribution < 1.29 is 23.9 Å². The van der Waals surface area contributed by atoms with E-state index in [-0.39, 0.29) is 42.0 Å². The third-order valence-corrected chi connectivity index (χ3v) is 8.56. The van der Waals surface area contributed by atoms with Crippen molar-refractivity contribution in [1.29, 1.82) is 0 Å². The maximum Gasteiger partial charge on any atom is 0.242 e. The molecule has 9 nitrogen and oxygen atoms in total. The lowest BCUT2D eigenvalue weighted by Crippen LogP contribution is -2.51. The van der Waals surface area contributed by atoms with Gasteiger partial charge in [0, 0.05) is 63.7 Å². The molecule has 9 heteroatoms. The molecule has 204 valence electrons. The summed E-state index contributed by atoms with van der Waals surface area (Å²) in [5, 5.41) is 0. The van der Waals surface area contributed by atoms with E-state index in [1.165, 1.54) is 0 Å². The molecule has 1 aliphatic carbocycles. The number of benzene rings is 1. The SMILES string of the molecule is O=CN1CCN(C(=O)C[C@@H]2CCN3C[C@@H]2/C=C/COc2ccccc2CN(C(=O)C2CCC2)CC3=O)CC1. The second-order valence-electron chi connectivity index (χ2n) is 10.9. The van der Waals surface area contributed by atoms with Crippen molar-refractivity contribution >= 4 is 24.1 Å². The fraction of sp³-hybridized carbons (Fsp3) is 0.586. The fourth-order valence-electron chi connectivity index (χ4n) is 5.90. The molecule has 4 aliphatic rings. The Balaban J connectivity index is 1.31. The van der Waals surface area contributed by atoms with Gasteiger partial charge >= 0.3 is 0 Å². The molecule has 1 saturated carbocycles. The number of amides is 4. The summed E-state index contributed by atoms with van der Waals surface area (Å²) in [5.41, 5.74) is 0.900. The summed E-state index contributed by atoms with van der Waals surface area (Å²) in [7, 11) is 0. The average Bonchev–Trinajstić information content (AvgIpc) is 2.91. The van der Waals surface area contributed by atoms with Gasteiger partial charge in [0.05, 0.1) is 0 Å². The highest BCUT2D eigenvalue weighted by atomic mass is 16.5. The quantitative estimate of drug-likeness (QED) is 0.445. The number of hydrogen-bond donors (Lipinski definition) is 0. The van der Waals surface area contributed by atoms with Crippen LogP contribution < -0.4 is 4.74 Å². The Morgan fingerprint density at radius 3 is 2.50 bits per heavy atom. The molecule has 2 bridgehead atoms. The van der Waals surface area contributed by atoms with Gasteiger partial charge in [0.25, 0.3) is 0 Å². The van der Waals surface area contributed by atoms with Crippen LogP contribution in [0.25, 0.3) is 0 Å². The summed E-state index contributed by atoms with van der Waals surface area (Å²) in [6.45, 7) is 4.18. The van der Waals surface area contributed by atoms with Gasteiger partial charge < -0.3 is 24.3 Å². The molecule has 2 saturated heterocycles. The molecule has 38 heavy (non-hydrogen) atoms. The second kappa shape index (κ2) is 12.0. The minimum atomic E-state index is -0.0384. The van der Waals surface area contributed by atoms with E-state index in [2.05, 4.69) is 6.08 Å².